The standard InChI is InChI=1S/C11H20N4O.ClH/c1-4-11-13-10(14-16-11)7-15-5-8(2)12-9(3)6-15;/h8-9,12H,4-7H2,1-3H3;1H. The minimum Gasteiger partial charge on any atom is -0.339 e. The van der Waals surface area contributed by atoms with Gasteiger partial charge in [0.2, 0.25) is 5.89 Å². The summed E-state index contributed by atoms with van der Waals surface area (Å²) in [6.07, 6.45) is 0.807. The lowest BCUT2D eigenvalue weighted by molar-refractivity contribution is 0.161. The molecule has 1 aromatic heterocycles. The molecule has 17 heavy (non-hydrogen) atoms. The summed E-state index contributed by atoms with van der Waals surface area (Å²) in [5.74, 6) is 1.53. The Morgan fingerprint density at radius 2 is 2.00 bits per heavy atom. The number of hydrogen-bond donors (Lipinski definition) is 1. The zero-order valence-corrected chi connectivity index (χ0v) is 11.5. The van der Waals surface area contributed by atoms with Crippen molar-refractivity contribution in [1.29, 1.82) is 0 Å². The molecular weight excluding hydrogens is 240 g/mol. The summed E-state index contributed by atoms with van der Waals surface area (Å²) in [5, 5.41) is 7.49. The van der Waals surface area contributed by atoms with Crippen LogP contribution in [0.2, 0.25) is 0 Å². The molecule has 0 radical (unpaired) electrons. The topological polar surface area (TPSA) is 54.2 Å². The van der Waals surface area contributed by atoms with Crippen LogP contribution in [0.1, 0.15) is 32.5 Å². The van der Waals surface area contributed by atoms with Gasteiger partial charge in [0.05, 0.1) is 6.54 Å². The van der Waals surface area contributed by atoms with Crippen LogP contribution in [0.25, 0.3) is 0 Å². The maximum absolute atomic E-state index is 5.11. The van der Waals surface area contributed by atoms with Gasteiger partial charge >= 0.3 is 0 Å². The number of piperazine rings is 1. The van der Waals surface area contributed by atoms with E-state index in [-0.39, 0.29) is 12.4 Å². The van der Waals surface area contributed by atoms with Crippen LogP contribution in [0.3, 0.4) is 0 Å². The Labute approximate surface area is 108 Å². The maximum atomic E-state index is 5.11. The van der Waals surface area contributed by atoms with Crippen molar-refractivity contribution in [2.45, 2.75) is 45.8 Å². The molecule has 0 bridgehead atoms. The summed E-state index contributed by atoms with van der Waals surface area (Å²) >= 11 is 0. The van der Waals surface area contributed by atoms with Crippen molar-refractivity contribution < 1.29 is 4.52 Å². The van der Waals surface area contributed by atoms with Gasteiger partial charge in [0.25, 0.3) is 0 Å². The summed E-state index contributed by atoms with van der Waals surface area (Å²) in [5.41, 5.74) is 0. The third kappa shape index (κ3) is 3.94. The molecule has 1 N–H and O–H groups in total. The normalized spacial score (nSPS) is 25.6. The molecule has 0 saturated carbocycles. The van der Waals surface area contributed by atoms with Gasteiger partial charge in [-0.15, -0.1) is 12.4 Å². The monoisotopic (exact) mass is 260 g/mol. The molecule has 0 spiro atoms. The first-order valence-corrected chi connectivity index (χ1v) is 5.97. The fourth-order valence-corrected chi connectivity index (χ4v) is 2.27. The summed E-state index contributed by atoms with van der Waals surface area (Å²) in [6, 6.07) is 1.06. The zero-order chi connectivity index (χ0) is 11.5. The molecule has 2 heterocycles. The molecule has 1 aromatic rings. The summed E-state index contributed by atoms with van der Waals surface area (Å²) < 4.78 is 5.11. The number of nitrogens with one attached hydrogen (secondary N) is 1. The van der Waals surface area contributed by atoms with E-state index >= 15 is 0 Å². The molecule has 2 unspecified atom stereocenters. The van der Waals surface area contributed by atoms with Crippen molar-refractivity contribution in [2.24, 2.45) is 0 Å². The third-order valence-electron chi connectivity index (χ3n) is 2.81. The lowest BCUT2D eigenvalue weighted by Gasteiger charge is -2.35. The Balaban J connectivity index is 0.00000144. The van der Waals surface area contributed by atoms with Crippen LogP contribution >= 0.6 is 12.4 Å². The van der Waals surface area contributed by atoms with Crippen LogP contribution in [-0.4, -0.2) is 40.2 Å². The van der Waals surface area contributed by atoms with Crippen LogP contribution in [0.4, 0.5) is 0 Å². The van der Waals surface area contributed by atoms with Crippen LogP contribution in [0.15, 0.2) is 4.52 Å². The van der Waals surface area contributed by atoms with Gasteiger partial charge in [-0.05, 0) is 13.8 Å². The molecule has 0 aromatic carbocycles. The van der Waals surface area contributed by atoms with Gasteiger partial charge < -0.3 is 9.84 Å². The molecule has 1 aliphatic heterocycles. The maximum Gasteiger partial charge on any atom is 0.226 e. The van der Waals surface area contributed by atoms with E-state index in [9.17, 15) is 0 Å². The predicted molar refractivity (Wildman–Crippen MR) is 68.3 cm³/mol. The Morgan fingerprint density at radius 3 is 2.53 bits per heavy atom. The molecular formula is C11H21ClN4O. The van der Waals surface area contributed by atoms with Crippen LogP contribution in [0, 0.1) is 0 Å². The van der Waals surface area contributed by atoms with Crippen molar-refractivity contribution >= 4 is 12.4 Å². The molecule has 1 fully saturated rings. The van der Waals surface area contributed by atoms with Crippen molar-refractivity contribution in [3.05, 3.63) is 11.7 Å². The third-order valence-corrected chi connectivity index (χ3v) is 2.81. The summed E-state index contributed by atoms with van der Waals surface area (Å²) in [6.45, 7) is 9.31. The highest BCUT2D eigenvalue weighted by Crippen LogP contribution is 2.08. The lowest BCUT2D eigenvalue weighted by Crippen LogP contribution is -2.53. The van der Waals surface area contributed by atoms with E-state index in [0.717, 1.165) is 37.8 Å². The Bertz CT molecular complexity index is 334. The second kappa shape index (κ2) is 6.33. The smallest absolute Gasteiger partial charge is 0.226 e. The van der Waals surface area contributed by atoms with Gasteiger partial charge in [0.1, 0.15) is 0 Å². The second-order valence-corrected chi connectivity index (χ2v) is 4.62. The van der Waals surface area contributed by atoms with E-state index in [4.69, 9.17) is 4.52 Å². The number of rotatable bonds is 3. The fourth-order valence-electron chi connectivity index (χ4n) is 2.27. The second-order valence-electron chi connectivity index (χ2n) is 4.62. The van der Waals surface area contributed by atoms with Crippen molar-refractivity contribution in [2.75, 3.05) is 13.1 Å². The molecule has 0 aliphatic carbocycles. The van der Waals surface area contributed by atoms with Crippen molar-refractivity contribution in [1.82, 2.24) is 20.4 Å². The van der Waals surface area contributed by atoms with E-state index in [0.29, 0.717) is 12.1 Å². The Hall–Kier alpha value is -0.650. The van der Waals surface area contributed by atoms with Gasteiger partial charge in [-0.3, -0.25) is 4.90 Å². The average molecular weight is 261 g/mol. The highest BCUT2D eigenvalue weighted by molar-refractivity contribution is 5.85. The Kier molecular flexibility index (Phi) is 5.36. The summed E-state index contributed by atoms with van der Waals surface area (Å²) in [7, 11) is 0. The van der Waals surface area contributed by atoms with E-state index in [2.05, 4.69) is 34.2 Å². The number of hydrogen-bond acceptors (Lipinski definition) is 5. The lowest BCUT2D eigenvalue weighted by atomic mass is 10.1. The molecule has 6 heteroatoms. The van der Waals surface area contributed by atoms with Gasteiger partial charge in [-0.1, -0.05) is 12.1 Å². The number of aromatic nitrogens is 2. The fraction of sp³-hybridized carbons (Fsp3) is 0.818. The first-order valence-electron chi connectivity index (χ1n) is 5.97. The Morgan fingerprint density at radius 1 is 1.35 bits per heavy atom. The first-order chi connectivity index (χ1) is 7.67. The van der Waals surface area contributed by atoms with E-state index in [1.807, 2.05) is 6.92 Å². The number of aryl methyl sites for hydroxylation is 1. The van der Waals surface area contributed by atoms with Gasteiger partial charge in [0, 0.05) is 31.6 Å². The van der Waals surface area contributed by atoms with Gasteiger partial charge in [-0.25, -0.2) is 0 Å². The molecule has 5 nitrogen and oxygen atoms in total. The highest BCUT2D eigenvalue weighted by atomic mass is 35.5. The zero-order valence-electron chi connectivity index (χ0n) is 10.6. The quantitative estimate of drug-likeness (QED) is 0.886. The van der Waals surface area contributed by atoms with Crippen molar-refractivity contribution in [3.63, 3.8) is 0 Å². The van der Waals surface area contributed by atoms with Gasteiger partial charge in [-0.2, -0.15) is 4.98 Å². The van der Waals surface area contributed by atoms with Gasteiger partial charge in [0.15, 0.2) is 5.82 Å². The molecule has 0 amide bonds. The van der Waals surface area contributed by atoms with E-state index in [1.165, 1.54) is 0 Å². The van der Waals surface area contributed by atoms with Crippen LogP contribution in [-0.2, 0) is 13.0 Å². The largest absolute Gasteiger partial charge is 0.339 e. The minimum absolute atomic E-state index is 0. The van der Waals surface area contributed by atoms with Crippen LogP contribution in [0.5, 0.6) is 0 Å². The SMILES string of the molecule is CCc1nc(CN2CC(C)NC(C)C2)no1.Cl. The molecule has 98 valence electrons. The average Bonchev–Trinajstić information content (AvgIpc) is 2.64. The molecule has 1 aliphatic rings. The predicted octanol–water partition coefficient (Wildman–Crippen LogP) is 1.24. The number of halogens is 1. The van der Waals surface area contributed by atoms with Crippen molar-refractivity contribution in [3.8, 4) is 0 Å². The first kappa shape index (κ1) is 14.4. The molecule has 1 saturated heterocycles. The van der Waals surface area contributed by atoms with E-state index < -0.39 is 0 Å². The minimum atomic E-state index is 0. The highest BCUT2D eigenvalue weighted by Gasteiger charge is 2.22. The summed E-state index contributed by atoms with van der Waals surface area (Å²) in [4.78, 5) is 6.70. The van der Waals surface area contributed by atoms with E-state index in [1.54, 1.807) is 0 Å². The molecule has 2 atom stereocenters. The van der Waals surface area contributed by atoms with Crippen LogP contribution < -0.4 is 5.32 Å². The number of nitrogens with zero attached hydrogens (tertiary/aromatic N) is 3. The molecule has 2 rings (SSSR count).